The average molecular weight is 309 g/mol. The van der Waals surface area contributed by atoms with Crippen LogP contribution in [0.5, 0.6) is 0 Å². The van der Waals surface area contributed by atoms with Crippen LogP contribution in [-0.2, 0) is 14.6 Å². The van der Waals surface area contributed by atoms with Crippen LogP contribution in [-0.4, -0.2) is 51.4 Å². The maximum absolute atomic E-state index is 11.8. The van der Waals surface area contributed by atoms with Crippen molar-refractivity contribution >= 4 is 21.4 Å². The van der Waals surface area contributed by atoms with Gasteiger partial charge < -0.3 is 10.2 Å². The van der Waals surface area contributed by atoms with E-state index in [2.05, 4.69) is 5.32 Å². The highest BCUT2D eigenvalue weighted by Gasteiger charge is 2.08. The zero-order chi connectivity index (χ0) is 15.9. The highest BCUT2D eigenvalue weighted by Crippen LogP contribution is 2.10. The van der Waals surface area contributed by atoms with Crippen molar-refractivity contribution in [3.05, 3.63) is 29.8 Å². The molecule has 0 aliphatic heterocycles. The van der Waals surface area contributed by atoms with Gasteiger partial charge in [-0.2, -0.15) is 5.26 Å². The van der Waals surface area contributed by atoms with E-state index < -0.39 is 9.84 Å². The number of carbonyl (C=O) groups is 1. The van der Waals surface area contributed by atoms with Crippen molar-refractivity contribution in [2.45, 2.75) is 6.42 Å². The number of rotatable bonds is 7. The number of nitrogens with zero attached hydrogens (tertiary/aromatic N) is 2. The second-order valence-corrected chi connectivity index (χ2v) is 7.18. The van der Waals surface area contributed by atoms with E-state index in [1.54, 1.807) is 36.2 Å². The van der Waals surface area contributed by atoms with Crippen molar-refractivity contribution in [2.75, 3.05) is 37.5 Å². The second-order valence-electron chi connectivity index (χ2n) is 4.92. The van der Waals surface area contributed by atoms with Crippen LogP contribution in [0, 0.1) is 11.3 Å². The van der Waals surface area contributed by atoms with Gasteiger partial charge in [0, 0.05) is 31.5 Å². The lowest BCUT2D eigenvalue weighted by Gasteiger charge is -2.15. The van der Waals surface area contributed by atoms with Crippen LogP contribution in [0.2, 0.25) is 0 Å². The molecule has 1 rings (SSSR count). The van der Waals surface area contributed by atoms with Gasteiger partial charge in [-0.05, 0) is 25.2 Å². The molecule has 1 amide bonds. The van der Waals surface area contributed by atoms with Crippen molar-refractivity contribution in [1.82, 2.24) is 4.90 Å². The Morgan fingerprint density at radius 1 is 1.38 bits per heavy atom. The predicted molar refractivity (Wildman–Crippen MR) is 81.6 cm³/mol. The highest BCUT2D eigenvalue weighted by atomic mass is 32.2. The van der Waals surface area contributed by atoms with Gasteiger partial charge in [0.05, 0.1) is 17.4 Å². The molecule has 1 N–H and O–H groups in total. The number of nitrogens with one attached hydrogen (secondary N) is 1. The molecule has 0 radical (unpaired) electrons. The minimum Gasteiger partial charge on any atom is -0.326 e. The van der Waals surface area contributed by atoms with Gasteiger partial charge in [-0.3, -0.25) is 4.79 Å². The number of hydrogen-bond donors (Lipinski definition) is 1. The van der Waals surface area contributed by atoms with Crippen molar-refractivity contribution in [2.24, 2.45) is 0 Å². The molecule has 0 fully saturated rings. The number of amides is 1. The third-order valence-corrected chi connectivity index (χ3v) is 3.76. The molecule has 7 heteroatoms. The largest absolute Gasteiger partial charge is 0.326 e. The average Bonchev–Trinajstić information content (AvgIpc) is 2.42. The van der Waals surface area contributed by atoms with Gasteiger partial charge in [-0.25, -0.2) is 8.42 Å². The summed E-state index contributed by atoms with van der Waals surface area (Å²) in [5.41, 5.74) is 1.07. The summed E-state index contributed by atoms with van der Waals surface area (Å²) < 4.78 is 22.1. The van der Waals surface area contributed by atoms with Crippen LogP contribution >= 0.6 is 0 Å². The second kappa shape index (κ2) is 7.76. The zero-order valence-corrected chi connectivity index (χ0v) is 13.0. The molecule has 0 spiro atoms. The van der Waals surface area contributed by atoms with E-state index in [0.29, 0.717) is 24.3 Å². The summed E-state index contributed by atoms with van der Waals surface area (Å²) in [6.45, 7) is 0.870. The number of benzene rings is 1. The molecular weight excluding hydrogens is 290 g/mol. The molecule has 0 aliphatic carbocycles. The van der Waals surface area contributed by atoms with E-state index in [0.717, 1.165) is 0 Å². The Labute approximate surface area is 125 Å². The van der Waals surface area contributed by atoms with Crippen LogP contribution in [0.15, 0.2) is 24.3 Å². The first-order chi connectivity index (χ1) is 9.80. The van der Waals surface area contributed by atoms with Crippen LogP contribution in [0.1, 0.15) is 12.0 Å². The topological polar surface area (TPSA) is 90.3 Å². The van der Waals surface area contributed by atoms with Gasteiger partial charge in [0.15, 0.2) is 0 Å². The Hall–Kier alpha value is -1.91. The molecule has 0 aromatic heterocycles. The molecule has 0 heterocycles. The van der Waals surface area contributed by atoms with E-state index in [1.165, 1.54) is 6.26 Å². The van der Waals surface area contributed by atoms with Gasteiger partial charge in [0.1, 0.15) is 9.84 Å². The quantitative estimate of drug-likeness (QED) is 0.807. The Morgan fingerprint density at radius 2 is 2.10 bits per heavy atom. The first-order valence-electron chi connectivity index (χ1n) is 6.46. The maximum atomic E-state index is 11.8. The standard InChI is InChI=1S/C14H19N3O3S/c1-17(8-9-21(2,19)20)7-6-14(18)16-13-5-3-4-12(10-13)11-15/h3-5,10H,6-9H2,1-2H3,(H,16,18). The number of anilines is 1. The molecule has 0 unspecified atom stereocenters. The molecule has 0 atom stereocenters. The Kier molecular flexibility index (Phi) is 6.34. The molecular formula is C14H19N3O3S. The Balaban J connectivity index is 2.38. The maximum Gasteiger partial charge on any atom is 0.225 e. The van der Waals surface area contributed by atoms with Crippen LogP contribution in [0.4, 0.5) is 5.69 Å². The lowest BCUT2D eigenvalue weighted by Crippen LogP contribution is -2.28. The molecule has 1 aromatic rings. The van der Waals surface area contributed by atoms with E-state index >= 15 is 0 Å². The van der Waals surface area contributed by atoms with Crippen LogP contribution in [0.25, 0.3) is 0 Å². The number of nitriles is 1. The lowest BCUT2D eigenvalue weighted by atomic mass is 10.2. The van der Waals surface area contributed by atoms with Crippen molar-refractivity contribution in [3.63, 3.8) is 0 Å². The summed E-state index contributed by atoms with van der Waals surface area (Å²) in [6.07, 6.45) is 1.45. The third-order valence-electron chi connectivity index (χ3n) is 2.84. The molecule has 0 bridgehead atoms. The molecule has 114 valence electrons. The number of carbonyl (C=O) groups excluding carboxylic acids is 1. The van der Waals surface area contributed by atoms with Gasteiger partial charge in [-0.15, -0.1) is 0 Å². The summed E-state index contributed by atoms with van der Waals surface area (Å²) in [4.78, 5) is 13.6. The van der Waals surface area contributed by atoms with Gasteiger partial charge >= 0.3 is 0 Å². The summed E-state index contributed by atoms with van der Waals surface area (Å²) in [5.74, 6) is -0.0914. The summed E-state index contributed by atoms with van der Waals surface area (Å²) in [5, 5.41) is 11.5. The fraction of sp³-hybridized carbons (Fsp3) is 0.429. The summed E-state index contributed by atoms with van der Waals surface area (Å²) >= 11 is 0. The predicted octanol–water partition coefficient (Wildman–Crippen LogP) is 0.863. The van der Waals surface area contributed by atoms with E-state index in [9.17, 15) is 13.2 Å². The normalized spacial score (nSPS) is 11.1. The fourth-order valence-electron chi connectivity index (χ4n) is 1.62. The van der Waals surface area contributed by atoms with Crippen molar-refractivity contribution in [3.8, 4) is 6.07 Å². The summed E-state index contributed by atoms with van der Waals surface area (Å²) in [7, 11) is -1.21. The van der Waals surface area contributed by atoms with Crippen LogP contribution in [0.3, 0.4) is 0 Å². The SMILES string of the molecule is CN(CCC(=O)Nc1cccc(C#N)c1)CCS(C)(=O)=O. The highest BCUT2D eigenvalue weighted by molar-refractivity contribution is 7.90. The smallest absolute Gasteiger partial charge is 0.225 e. The molecule has 6 nitrogen and oxygen atoms in total. The molecule has 1 aromatic carbocycles. The Morgan fingerprint density at radius 3 is 2.71 bits per heavy atom. The Bertz CT molecular complexity index is 635. The first kappa shape index (κ1) is 17.1. The number of sulfone groups is 1. The minimum atomic E-state index is -2.99. The molecule has 0 saturated carbocycles. The van der Waals surface area contributed by atoms with Gasteiger partial charge in [-0.1, -0.05) is 6.07 Å². The molecule has 21 heavy (non-hydrogen) atoms. The fourth-order valence-corrected chi connectivity index (χ4v) is 2.26. The lowest BCUT2D eigenvalue weighted by molar-refractivity contribution is -0.116. The first-order valence-corrected chi connectivity index (χ1v) is 8.52. The summed E-state index contributed by atoms with van der Waals surface area (Å²) in [6, 6.07) is 8.68. The van der Waals surface area contributed by atoms with Gasteiger partial charge in [0.25, 0.3) is 0 Å². The van der Waals surface area contributed by atoms with E-state index in [1.807, 2.05) is 6.07 Å². The van der Waals surface area contributed by atoms with E-state index in [-0.39, 0.29) is 18.1 Å². The van der Waals surface area contributed by atoms with E-state index in [4.69, 9.17) is 5.26 Å². The monoisotopic (exact) mass is 309 g/mol. The van der Waals surface area contributed by atoms with Crippen LogP contribution < -0.4 is 5.32 Å². The molecule has 0 aliphatic rings. The zero-order valence-electron chi connectivity index (χ0n) is 12.2. The molecule has 0 saturated heterocycles. The van der Waals surface area contributed by atoms with Gasteiger partial charge in [0.2, 0.25) is 5.91 Å². The number of hydrogen-bond acceptors (Lipinski definition) is 5. The van der Waals surface area contributed by atoms with Crippen molar-refractivity contribution in [1.29, 1.82) is 5.26 Å². The van der Waals surface area contributed by atoms with Crippen molar-refractivity contribution < 1.29 is 13.2 Å². The third kappa shape index (κ3) is 7.44. The minimum absolute atomic E-state index is 0.0787.